The van der Waals surface area contributed by atoms with Gasteiger partial charge in [0.25, 0.3) is 0 Å². The Hall–Kier alpha value is -1.36. The highest BCUT2D eigenvalue weighted by atomic mass is 79.9. The molecule has 1 heterocycles. The Bertz CT molecular complexity index is 629. The normalized spacial score (nSPS) is 21.6. The van der Waals surface area contributed by atoms with Gasteiger partial charge in [0.15, 0.2) is 0 Å². The second-order valence-electron chi connectivity index (χ2n) is 5.05. The van der Waals surface area contributed by atoms with E-state index in [1.54, 1.807) is 4.57 Å². The fourth-order valence-corrected chi connectivity index (χ4v) is 2.92. The lowest BCUT2D eigenvalue weighted by Crippen LogP contribution is -2.17. The van der Waals surface area contributed by atoms with Gasteiger partial charge in [0.1, 0.15) is 5.82 Å². The number of hydrogen-bond acceptors (Lipinski definition) is 2. The number of H-pyrrole nitrogens is 1. The number of aromatic nitrogens is 3. The second-order valence-corrected chi connectivity index (χ2v) is 5.96. The Morgan fingerprint density at radius 1 is 1.42 bits per heavy atom. The molecule has 1 aromatic heterocycles. The molecule has 0 radical (unpaired) electrons. The van der Waals surface area contributed by atoms with Crippen molar-refractivity contribution < 1.29 is 0 Å². The predicted molar refractivity (Wildman–Crippen MR) is 77.2 cm³/mol. The van der Waals surface area contributed by atoms with E-state index in [9.17, 15) is 4.79 Å². The Kier molecular flexibility index (Phi) is 3.31. The predicted octanol–water partition coefficient (Wildman–Crippen LogP) is 2.70. The van der Waals surface area contributed by atoms with Gasteiger partial charge in [-0.25, -0.2) is 9.89 Å². The van der Waals surface area contributed by atoms with Crippen molar-refractivity contribution >= 4 is 15.9 Å². The molecule has 1 fully saturated rings. The van der Waals surface area contributed by atoms with E-state index in [2.05, 4.69) is 50.4 Å². The molecule has 0 amide bonds. The van der Waals surface area contributed by atoms with E-state index in [-0.39, 0.29) is 5.69 Å². The van der Waals surface area contributed by atoms with Gasteiger partial charge in [0.05, 0.1) is 0 Å². The van der Waals surface area contributed by atoms with Gasteiger partial charge in [-0.3, -0.25) is 4.57 Å². The molecule has 0 spiro atoms. The lowest BCUT2D eigenvalue weighted by Gasteiger charge is -2.02. The molecule has 100 valence electrons. The molecule has 1 aliphatic rings. The topological polar surface area (TPSA) is 50.7 Å². The zero-order valence-electron chi connectivity index (χ0n) is 10.8. The van der Waals surface area contributed by atoms with E-state index in [0.717, 1.165) is 16.7 Å². The van der Waals surface area contributed by atoms with Crippen LogP contribution in [0.15, 0.2) is 33.5 Å². The van der Waals surface area contributed by atoms with Crippen molar-refractivity contribution in [2.45, 2.75) is 32.2 Å². The molecule has 2 atom stereocenters. The number of aromatic amines is 1. The third kappa shape index (κ3) is 2.52. The summed E-state index contributed by atoms with van der Waals surface area (Å²) in [5.41, 5.74) is 1.28. The molecule has 4 nitrogen and oxygen atoms in total. The maximum atomic E-state index is 11.5. The van der Waals surface area contributed by atoms with Gasteiger partial charge in [-0.15, -0.1) is 0 Å². The monoisotopic (exact) mass is 321 g/mol. The van der Waals surface area contributed by atoms with E-state index >= 15 is 0 Å². The average molecular weight is 322 g/mol. The summed E-state index contributed by atoms with van der Waals surface area (Å²) in [6.45, 7) is 2.65. The highest BCUT2D eigenvalue weighted by Gasteiger charge is 2.39. The largest absolute Gasteiger partial charge is 0.343 e. The molecule has 1 N–H and O–H groups in total. The van der Waals surface area contributed by atoms with E-state index in [4.69, 9.17) is 0 Å². The van der Waals surface area contributed by atoms with Crippen LogP contribution < -0.4 is 5.69 Å². The molecule has 2 aromatic rings. The quantitative estimate of drug-likeness (QED) is 0.941. The van der Waals surface area contributed by atoms with Gasteiger partial charge in [0, 0.05) is 17.4 Å². The molecule has 0 saturated heterocycles. The van der Waals surface area contributed by atoms with Crippen LogP contribution in [0.4, 0.5) is 0 Å². The zero-order chi connectivity index (χ0) is 13.4. The smallest absolute Gasteiger partial charge is 0.279 e. The maximum Gasteiger partial charge on any atom is 0.343 e. The number of rotatable bonds is 4. The van der Waals surface area contributed by atoms with E-state index < -0.39 is 0 Å². The summed E-state index contributed by atoms with van der Waals surface area (Å²) in [6, 6.07) is 8.51. The minimum atomic E-state index is -0.0988. The first-order valence-corrected chi connectivity index (χ1v) is 7.38. The van der Waals surface area contributed by atoms with Crippen LogP contribution in [0.25, 0.3) is 0 Å². The highest BCUT2D eigenvalue weighted by Crippen LogP contribution is 2.49. The minimum Gasteiger partial charge on any atom is -0.279 e. The molecule has 19 heavy (non-hydrogen) atoms. The van der Waals surface area contributed by atoms with Gasteiger partial charge >= 0.3 is 5.69 Å². The number of nitrogens with zero attached hydrogens (tertiary/aromatic N) is 2. The van der Waals surface area contributed by atoms with Gasteiger partial charge in [-0.2, -0.15) is 5.10 Å². The SMILES string of the molecule is CCn1c(CC2CC2c2ccc(Br)cc2)n[nH]c1=O. The summed E-state index contributed by atoms with van der Waals surface area (Å²) in [4.78, 5) is 11.5. The summed E-state index contributed by atoms with van der Waals surface area (Å²) in [6.07, 6.45) is 2.07. The van der Waals surface area contributed by atoms with Crippen molar-refractivity contribution in [3.05, 3.63) is 50.6 Å². The zero-order valence-corrected chi connectivity index (χ0v) is 12.4. The molecule has 5 heteroatoms. The lowest BCUT2D eigenvalue weighted by atomic mass is 10.1. The van der Waals surface area contributed by atoms with Crippen LogP contribution in [0.3, 0.4) is 0 Å². The second kappa shape index (κ2) is 4.96. The Balaban J connectivity index is 1.70. The summed E-state index contributed by atoms with van der Waals surface area (Å²) >= 11 is 3.45. The molecule has 2 unspecified atom stereocenters. The molecule has 1 saturated carbocycles. The first-order valence-electron chi connectivity index (χ1n) is 6.58. The van der Waals surface area contributed by atoms with E-state index in [1.807, 2.05) is 6.92 Å². The van der Waals surface area contributed by atoms with E-state index in [1.165, 1.54) is 12.0 Å². The summed E-state index contributed by atoms with van der Waals surface area (Å²) in [5, 5.41) is 6.66. The molecule has 3 rings (SSSR count). The van der Waals surface area contributed by atoms with Crippen molar-refractivity contribution in [2.24, 2.45) is 5.92 Å². The molecule has 1 aromatic carbocycles. The Morgan fingerprint density at radius 2 is 2.16 bits per heavy atom. The van der Waals surface area contributed by atoms with Crippen LogP contribution in [0, 0.1) is 5.92 Å². The number of benzene rings is 1. The van der Waals surface area contributed by atoms with E-state index in [0.29, 0.717) is 18.4 Å². The fourth-order valence-electron chi connectivity index (χ4n) is 2.66. The fraction of sp³-hybridized carbons (Fsp3) is 0.429. The van der Waals surface area contributed by atoms with Gasteiger partial charge < -0.3 is 0 Å². The molecule has 0 bridgehead atoms. The average Bonchev–Trinajstić information content (AvgIpc) is 3.07. The standard InChI is InChI=1S/C14H16BrN3O/c1-2-18-13(16-17-14(18)19)8-10-7-12(10)9-3-5-11(15)6-4-9/h3-6,10,12H,2,7-8H2,1H3,(H,17,19). The minimum absolute atomic E-state index is 0.0988. The Labute approximate surface area is 120 Å². The number of hydrogen-bond donors (Lipinski definition) is 1. The number of nitrogens with one attached hydrogen (secondary N) is 1. The molecular formula is C14H16BrN3O. The van der Waals surface area contributed by atoms with Crippen molar-refractivity contribution in [1.29, 1.82) is 0 Å². The molecular weight excluding hydrogens is 306 g/mol. The summed E-state index contributed by atoms with van der Waals surface area (Å²) in [7, 11) is 0. The van der Waals surface area contributed by atoms with Gasteiger partial charge in [-0.05, 0) is 42.9 Å². The van der Waals surface area contributed by atoms with Crippen molar-refractivity contribution in [3.8, 4) is 0 Å². The van der Waals surface area contributed by atoms with Crippen molar-refractivity contribution in [1.82, 2.24) is 14.8 Å². The molecule has 0 aliphatic heterocycles. The van der Waals surface area contributed by atoms with Crippen LogP contribution in [-0.2, 0) is 13.0 Å². The first kappa shape index (κ1) is 12.7. The molecule has 1 aliphatic carbocycles. The van der Waals surface area contributed by atoms with Crippen molar-refractivity contribution in [2.75, 3.05) is 0 Å². The van der Waals surface area contributed by atoms with Crippen LogP contribution in [0.2, 0.25) is 0 Å². The van der Waals surface area contributed by atoms with Crippen LogP contribution in [0.5, 0.6) is 0 Å². The number of halogens is 1. The first-order chi connectivity index (χ1) is 9.19. The van der Waals surface area contributed by atoms with Gasteiger partial charge in [0.2, 0.25) is 0 Å². The lowest BCUT2D eigenvalue weighted by molar-refractivity contribution is 0.641. The maximum absolute atomic E-state index is 11.5. The summed E-state index contributed by atoms with van der Waals surface area (Å²) < 4.78 is 2.83. The Morgan fingerprint density at radius 3 is 2.84 bits per heavy atom. The van der Waals surface area contributed by atoms with Crippen LogP contribution in [0.1, 0.15) is 30.7 Å². The summed E-state index contributed by atoms with van der Waals surface area (Å²) in [5.74, 6) is 2.11. The third-order valence-corrected chi connectivity index (χ3v) is 4.35. The third-order valence-electron chi connectivity index (χ3n) is 3.82. The van der Waals surface area contributed by atoms with Crippen molar-refractivity contribution in [3.63, 3.8) is 0 Å². The van der Waals surface area contributed by atoms with Gasteiger partial charge in [-0.1, -0.05) is 28.1 Å². The highest BCUT2D eigenvalue weighted by molar-refractivity contribution is 9.10. The van der Waals surface area contributed by atoms with Crippen LogP contribution >= 0.6 is 15.9 Å². The van der Waals surface area contributed by atoms with Crippen LogP contribution in [-0.4, -0.2) is 14.8 Å².